The van der Waals surface area contributed by atoms with Crippen LogP contribution in [0.5, 0.6) is 5.75 Å². The van der Waals surface area contributed by atoms with E-state index in [-0.39, 0.29) is 24.8 Å². The van der Waals surface area contributed by atoms with E-state index in [1.165, 1.54) is 0 Å². The third kappa shape index (κ3) is 5.11. The van der Waals surface area contributed by atoms with Crippen LogP contribution in [0.15, 0.2) is 18.2 Å². The molecule has 1 rings (SSSR count). The maximum absolute atomic E-state index is 9.50. The molecule has 0 saturated heterocycles. The van der Waals surface area contributed by atoms with Gasteiger partial charge in [0.15, 0.2) is 0 Å². The van der Waals surface area contributed by atoms with Crippen LogP contribution in [0.2, 0.25) is 0 Å². The summed E-state index contributed by atoms with van der Waals surface area (Å²) in [7, 11) is 2.00. The highest BCUT2D eigenvalue weighted by molar-refractivity contribution is 5.85. The van der Waals surface area contributed by atoms with E-state index in [0.29, 0.717) is 11.4 Å². The van der Waals surface area contributed by atoms with Crippen molar-refractivity contribution in [1.82, 2.24) is 4.90 Å². The predicted octanol–water partition coefficient (Wildman–Crippen LogP) is 2.27. The summed E-state index contributed by atoms with van der Waals surface area (Å²) in [6, 6.07) is 5.14. The van der Waals surface area contributed by atoms with Gasteiger partial charge in [0.1, 0.15) is 5.75 Å². The molecule has 0 amide bonds. The van der Waals surface area contributed by atoms with Crippen LogP contribution in [0.1, 0.15) is 12.5 Å². The Morgan fingerprint density at radius 3 is 2.47 bits per heavy atom. The lowest BCUT2D eigenvalue weighted by Gasteiger charge is -2.14. The quantitative estimate of drug-likeness (QED) is 0.641. The van der Waals surface area contributed by atoms with E-state index in [0.717, 1.165) is 18.7 Å². The number of nitrogens with two attached hydrogens (primary N) is 1. The first-order valence-electron chi connectivity index (χ1n) is 4.39. The summed E-state index contributed by atoms with van der Waals surface area (Å²) in [5.41, 5.74) is 7.19. The van der Waals surface area contributed by atoms with Gasteiger partial charge in [-0.2, -0.15) is 0 Å². The van der Waals surface area contributed by atoms with Crippen molar-refractivity contribution >= 4 is 30.5 Å². The van der Waals surface area contributed by atoms with Gasteiger partial charge in [-0.05, 0) is 31.8 Å². The summed E-state index contributed by atoms with van der Waals surface area (Å²) in [5, 5.41) is 9.50. The van der Waals surface area contributed by atoms with Gasteiger partial charge >= 0.3 is 0 Å². The van der Waals surface area contributed by atoms with Crippen molar-refractivity contribution in [2.75, 3.05) is 19.3 Å². The van der Waals surface area contributed by atoms with Crippen LogP contribution in [0.25, 0.3) is 0 Å². The Labute approximate surface area is 103 Å². The van der Waals surface area contributed by atoms with Crippen LogP contribution in [-0.4, -0.2) is 23.6 Å². The normalized spacial score (nSPS) is 9.27. The van der Waals surface area contributed by atoms with Crippen molar-refractivity contribution in [3.05, 3.63) is 23.8 Å². The largest absolute Gasteiger partial charge is 0.508 e. The van der Waals surface area contributed by atoms with E-state index >= 15 is 0 Å². The molecule has 0 saturated carbocycles. The minimum atomic E-state index is 0. The molecule has 0 aliphatic heterocycles. The number of hydrogen-bond acceptors (Lipinski definition) is 3. The fourth-order valence-electron chi connectivity index (χ4n) is 1.13. The molecule has 0 spiro atoms. The Hall–Kier alpha value is -0.640. The Morgan fingerprint density at radius 2 is 1.93 bits per heavy atom. The van der Waals surface area contributed by atoms with Gasteiger partial charge in [-0.1, -0.05) is 6.92 Å². The van der Waals surface area contributed by atoms with E-state index in [1.54, 1.807) is 12.1 Å². The summed E-state index contributed by atoms with van der Waals surface area (Å²) < 4.78 is 0. The highest BCUT2D eigenvalue weighted by atomic mass is 35.5. The molecule has 0 fully saturated rings. The van der Waals surface area contributed by atoms with E-state index in [1.807, 2.05) is 13.1 Å². The SMILES string of the molecule is CCN(C)Cc1cc(N)ccc1O.Cl.Cl. The average molecular weight is 253 g/mol. The van der Waals surface area contributed by atoms with Crippen molar-refractivity contribution in [1.29, 1.82) is 0 Å². The van der Waals surface area contributed by atoms with E-state index < -0.39 is 0 Å². The summed E-state index contributed by atoms with van der Waals surface area (Å²) >= 11 is 0. The van der Waals surface area contributed by atoms with E-state index in [9.17, 15) is 5.11 Å². The molecule has 0 radical (unpaired) electrons. The molecule has 3 N–H and O–H groups in total. The average Bonchev–Trinajstić information content (AvgIpc) is 2.11. The molecule has 0 aromatic heterocycles. The molecule has 0 heterocycles. The number of rotatable bonds is 3. The highest BCUT2D eigenvalue weighted by Gasteiger charge is 2.03. The lowest BCUT2D eigenvalue weighted by molar-refractivity contribution is 0.337. The van der Waals surface area contributed by atoms with E-state index in [2.05, 4.69) is 11.8 Å². The van der Waals surface area contributed by atoms with Crippen molar-refractivity contribution < 1.29 is 5.11 Å². The number of phenols is 1. The van der Waals surface area contributed by atoms with Gasteiger partial charge in [0.2, 0.25) is 0 Å². The Morgan fingerprint density at radius 1 is 1.33 bits per heavy atom. The van der Waals surface area contributed by atoms with Crippen LogP contribution < -0.4 is 5.73 Å². The first-order valence-corrected chi connectivity index (χ1v) is 4.39. The minimum Gasteiger partial charge on any atom is -0.508 e. The number of phenolic OH excluding ortho intramolecular Hbond substituents is 1. The molecule has 88 valence electrons. The second-order valence-electron chi connectivity index (χ2n) is 3.22. The topological polar surface area (TPSA) is 49.5 Å². The third-order valence-electron chi connectivity index (χ3n) is 2.08. The second kappa shape index (κ2) is 7.63. The van der Waals surface area contributed by atoms with Crippen LogP contribution in [0.3, 0.4) is 0 Å². The maximum Gasteiger partial charge on any atom is 0.120 e. The lowest BCUT2D eigenvalue weighted by Crippen LogP contribution is -2.16. The molecular formula is C10H18Cl2N2O. The lowest BCUT2D eigenvalue weighted by atomic mass is 10.1. The van der Waals surface area contributed by atoms with Crippen LogP contribution in [0.4, 0.5) is 5.69 Å². The Bertz CT molecular complexity index is 295. The molecule has 0 aliphatic rings. The number of nitrogen functional groups attached to an aromatic ring is 1. The molecule has 1 aromatic carbocycles. The van der Waals surface area contributed by atoms with Crippen molar-refractivity contribution in [2.45, 2.75) is 13.5 Å². The van der Waals surface area contributed by atoms with Gasteiger partial charge in [-0.25, -0.2) is 0 Å². The van der Waals surface area contributed by atoms with Crippen LogP contribution in [0, 0.1) is 0 Å². The molecule has 15 heavy (non-hydrogen) atoms. The number of nitrogens with zero attached hydrogens (tertiary/aromatic N) is 1. The molecule has 3 nitrogen and oxygen atoms in total. The number of benzene rings is 1. The summed E-state index contributed by atoms with van der Waals surface area (Å²) in [4.78, 5) is 2.11. The monoisotopic (exact) mass is 252 g/mol. The first kappa shape index (κ1) is 16.8. The standard InChI is InChI=1S/C10H16N2O.2ClH/c1-3-12(2)7-8-6-9(11)4-5-10(8)13;;/h4-6,13H,3,7,11H2,1-2H3;2*1H. The van der Waals surface area contributed by atoms with Crippen molar-refractivity contribution in [2.24, 2.45) is 0 Å². The minimum absolute atomic E-state index is 0. The van der Waals surface area contributed by atoms with Gasteiger partial charge in [-0.3, -0.25) is 0 Å². The van der Waals surface area contributed by atoms with Crippen LogP contribution >= 0.6 is 24.8 Å². The first-order chi connectivity index (χ1) is 6.13. The predicted molar refractivity (Wildman–Crippen MR) is 69.0 cm³/mol. The maximum atomic E-state index is 9.50. The van der Waals surface area contributed by atoms with Gasteiger partial charge in [0.05, 0.1) is 0 Å². The summed E-state index contributed by atoms with van der Waals surface area (Å²) in [6.07, 6.45) is 0. The molecule has 0 bridgehead atoms. The molecular weight excluding hydrogens is 235 g/mol. The number of hydrogen-bond donors (Lipinski definition) is 2. The molecule has 0 atom stereocenters. The molecule has 5 heteroatoms. The number of aromatic hydroxyl groups is 1. The molecule has 1 aromatic rings. The van der Waals surface area contributed by atoms with Gasteiger partial charge in [0, 0.05) is 17.8 Å². The Kier molecular flexibility index (Phi) is 8.53. The van der Waals surface area contributed by atoms with Gasteiger partial charge < -0.3 is 15.7 Å². The molecule has 0 unspecified atom stereocenters. The Balaban J connectivity index is 0. The van der Waals surface area contributed by atoms with Crippen molar-refractivity contribution in [3.63, 3.8) is 0 Å². The smallest absolute Gasteiger partial charge is 0.120 e. The van der Waals surface area contributed by atoms with Crippen molar-refractivity contribution in [3.8, 4) is 5.75 Å². The van der Waals surface area contributed by atoms with Crippen LogP contribution in [-0.2, 0) is 6.54 Å². The zero-order valence-electron chi connectivity index (χ0n) is 8.93. The number of anilines is 1. The second-order valence-corrected chi connectivity index (χ2v) is 3.22. The number of halogens is 2. The summed E-state index contributed by atoms with van der Waals surface area (Å²) in [5.74, 6) is 0.314. The zero-order valence-corrected chi connectivity index (χ0v) is 10.6. The fraction of sp³-hybridized carbons (Fsp3) is 0.400. The molecule has 0 aliphatic carbocycles. The third-order valence-corrected chi connectivity index (χ3v) is 2.08. The van der Waals surface area contributed by atoms with E-state index in [4.69, 9.17) is 5.73 Å². The zero-order chi connectivity index (χ0) is 9.84. The fourth-order valence-corrected chi connectivity index (χ4v) is 1.13. The summed E-state index contributed by atoms with van der Waals surface area (Å²) in [6.45, 7) is 3.75. The van der Waals surface area contributed by atoms with Gasteiger partial charge in [-0.15, -0.1) is 24.8 Å². The van der Waals surface area contributed by atoms with Gasteiger partial charge in [0.25, 0.3) is 0 Å². The highest BCUT2D eigenvalue weighted by Crippen LogP contribution is 2.20.